The van der Waals surface area contributed by atoms with E-state index < -0.39 is 42.4 Å². The van der Waals surface area contributed by atoms with E-state index in [0.29, 0.717) is 6.42 Å². The van der Waals surface area contributed by atoms with Gasteiger partial charge in [-0.15, -0.1) is 0 Å². The first-order chi connectivity index (χ1) is 11.1. The Balaban J connectivity index is 2.30. The van der Waals surface area contributed by atoms with Crippen molar-refractivity contribution in [2.24, 2.45) is 17.8 Å². The van der Waals surface area contributed by atoms with Gasteiger partial charge in [-0.2, -0.15) is 26.3 Å². The Hall–Kier alpha value is -0.800. The maximum Gasteiger partial charge on any atom is 0.426 e. The molecule has 0 aliphatic heterocycles. The lowest BCUT2D eigenvalue weighted by atomic mass is 9.81. The fraction of sp³-hybridized carbons (Fsp3) is 0.875. The van der Waals surface area contributed by atoms with Gasteiger partial charge >= 0.3 is 12.4 Å². The van der Waals surface area contributed by atoms with E-state index in [1.807, 2.05) is 6.08 Å². The minimum absolute atomic E-state index is 0.00455. The fourth-order valence-electron chi connectivity index (χ4n) is 3.57. The molecule has 146 valence electrons. The smallest absolute Gasteiger partial charge is 0.346 e. The number of hydrogen-bond donors (Lipinski definition) is 1. The number of allylic oxidation sites excluding steroid dienone is 2. The zero-order valence-electron chi connectivity index (χ0n) is 14.1. The van der Waals surface area contributed by atoms with E-state index in [1.54, 1.807) is 6.08 Å². The molecule has 0 aromatic heterocycles. The number of alkyl halides is 6. The van der Waals surface area contributed by atoms with Gasteiger partial charge < -0.3 is 14.6 Å². The van der Waals surface area contributed by atoms with Gasteiger partial charge in [0.05, 0.1) is 5.60 Å². The van der Waals surface area contributed by atoms with Crippen LogP contribution in [0.2, 0.25) is 0 Å². The van der Waals surface area contributed by atoms with Crippen molar-refractivity contribution in [3.8, 4) is 0 Å². The van der Waals surface area contributed by atoms with Gasteiger partial charge in [-0.1, -0.05) is 12.2 Å². The molecule has 9 heteroatoms. The van der Waals surface area contributed by atoms with E-state index in [0.717, 1.165) is 0 Å². The minimum atomic E-state index is -5.75. The SMILES string of the molecule is CC(C)(C)OC(O)OC(CC1CC2C=CC1C2)(C(F)(F)F)C(F)(F)F. The largest absolute Gasteiger partial charge is 0.426 e. The van der Waals surface area contributed by atoms with Crippen molar-refractivity contribution in [1.82, 2.24) is 0 Å². The van der Waals surface area contributed by atoms with E-state index in [1.165, 1.54) is 20.8 Å². The van der Waals surface area contributed by atoms with Gasteiger partial charge in [0, 0.05) is 0 Å². The number of ether oxygens (including phenoxy) is 2. The average Bonchev–Trinajstić information content (AvgIpc) is 2.94. The molecule has 2 bridgehead atoms. The van der Waals surface area contributed by atoms with Gasteiger partial charge in [0.2, 0.25) is 0 Å². The summed E-state index contributed by atoms with van der Waals surface area (Å²) in [5.41, 5.74) is -5.66. The second-order valence-electron chi connectivity index (χ2n) is 7.72. The summed E-state index contributed by atoms with van der Waals surface area (Å²) in [4.78, 5) is 0. The van der Waals surface area contributed by atoms with E-state index in [-0.39, 0.29) is 18.3 Å². The molecule has 0 aromatic rings. The van der Waals surface area contributed by atoms with Crippen molar-refractivity contribution in [2.75, 3.05) is 0 Å². The number of rotatable bonds is 5. The highest BCUT2D eigenvalue weighted by Gasteiger charge is 2.74. The van der Waals surface area contributed by atoms with Crippen LogP contribution in [-0.2, 0) is 9.47 Å². The molecule has 0 radical (unpaired) electrons. The standard InChI is InChI=1S/C16H22F6O3/c1-13(2,3)24-12(23)25-14(15(17,18)19,16(20,21)22)8-11-7-9-4-5-10(11)6-9/h4-5,9-12,23H,6-8H2,1-3H3. The van der Waals surface area contributed by atoms with Gasteiger partial charge in [-0.25, -0.2) is 0 Å². The third kappa shape index (κ3) is 4.31. The second kappa shape index (κ2) is 6.42. The zero-order chi connectivity index (χ0) is 19.3. The van der Waals surface area contributed by atoms with Crippen LogP contribution in [0.15, 0.2) is 12.2 Å². The molecule has 1 N–H and O–H groups in total. The highest BCUT2D eigenvalue weighted by molar-refractivity contribution is 5.12. The van der Waals surface area contributed by atoms with Crippen LogP contribution in [0, 0.1) is 17.8 Å². The predicted octanol–water partition coefficient (Wildman–Crippen LogP) is 4.56. The topological polar surface area (TPSA) is 38.7 Å². The van der Waals surface area contributed by atoms with Gasteiger partial charge in [-0.3, -0.25) is 0 Å². The maximum atomic E-state index is 13.5. The Labute approximate surface area is 142 Å². The molecule has 1 saturated carbocycles. The summed E-state index contributed by atoms with van der Waals surface area (Å²) in [6.07, 6.45) is -8.51. The van der Waals surface area contributed by atoms with Crippen molar-refractivity contribution in [3.05, 3.63) is 12.2 Å². The van der Waals surface area contributed by atoms with E-state index >= 15 is 0 Å². The lowest BCUT2D eigenvalue weighted by Crippen LogP contribution is -2.61. The van der Waals surface area contributed by atoms with E-state index in [4.69, 9.17) is 4.74 Å². The lowest BCUT2D eigenvalue weighted by Gasteiger charge is -2.41. The lowest BCUT2D eigenvalue weighted by molar-refractivity contribution is -0.447. The first-order valence-electron chi connectivity index (χ1n) is 8.00. The molecule has 0 saturated heterocycles. The highest BCUT2D eigenvalue weighted by Crippen LogP contribution is 2.55. The molecule has 2 rings (SSSR count). The molecular weight excluding hydrogens is 354 g/mol. The minimum Gasteiger partial charge on any atom is -0.346 e. The van der Waals surface area contributed by atoms with Crippen molar-refractivity contribution < 1.29 is 40.9 Å². The van der Waals surface area contributed by atoms with Crippen LogP contribution < -0.4 is 0 Å². The fourth-order valence-corrected chi connectivity index (χ4v) is 3.57. The van der Waals surface area contributed by atoms with Crippen molar-refractivity contribution in [1.29, 1.82) is 0 Å². The molecule has 1 fully saturated rings. The average molecular weight is 376 g/mol. The number of halogens is 6. The summed E-state index contributed by atoms with van der Waals surface area (Å²) in [5.74, 6) is -1.15. The summed E-state index contributed by atoms with van der Waals surface area (Å²) >= 11 is 0. The summed E-state index contributed by atoms with van der Waals surface area (Å²) < 4.78 is 90.1. The number of aliphatic hydroxyl groups is 1. The van der Waals surface area contributed by atoms with Crippen LogP contribution in [0.4, 0.5) is 26.3 Å². The molecule has 0 heterocycles. The summed E-state index contributed by atoms with van der Waals surface area (Å²) in [6.45, 7) is 1.48. The highest BCUT2D eigenvalue weighted by atomic mass is 19.4. The predicted molar refractivity (Wildman–Crippen MR) is 76.2 cm³/mol. The van der Waals surface area contributed by atoms with Gasteiger partial charge in [0.15, 0.2) is 0 Å². The number of hydrogen-bond acceptors (Lipinski definition) is 3. The van der Waals surface area contributed by atoms with Gasteiger partial charge in [-0.05, 0) is 57.8 Å². The molecule has 2 aliphatic rings. The van der Waals surface area contributed by atoms with Crippen LogP contribution in [0.3, 0.4) is 0 Å². The van der Waals surface area contributed by atoms with Gasteiger partial charge in [0.1, 0.15) is 0 Å². The molecule has 4 unspecified atom stereocenters. The van der Waals surface area contributed by atoms with Crippen molar-refractivity contribution >= 4 is 0 Å². The molecule has 0 amide bonds. The number of aliphatic hydroxyl groups excluding tert-OH is 1. The van der Waals surface area contributed by atoms with E-state index in [9.17, 15) is 31.4 Å². The second-order valence-corrected chi connectivity index (χ2v) is 7.72. The first-order valence-corrected chi connectivity index (χ1v) is 8.00. The van der Waals surface area contributed by atoms with Crippen molar-refractivity contribution in [2.45, 2.75) is 70.1 Å². The molecule has 0 aromatic carbocycles. The Morgan fingerprint density at radius 1 is 0.960 bits per heavy atom. The van der Waals surface area contributed by atoms with Crippen LogP contribution >= 0.6 is 0 Å². The van der Waals surface area contributed by atoms with E-state index in [2.05, 4.69) is 4.74 Å². The van der Waals surface area contributed by atoms with Crippen LogP contribution in [0.5, 0.6) is 0 Å². The quantitative estimate of drug-likeness (QED) is 0.434. The maximum absolute atomic E-state index is 13.5. The monoisotopic (exact) mass is 376 g/mol. The summed E-state index contributed by atoms with van der Waals surface area (Å²) in [7, 11) is 0. The van der Waals surface area contributed by atoms with Crippen LogP contribution in [0.1, 0.15) is 40.0 Å². The van der Waals surface area contributed by atoms with Crippen LogP contribution in [0.25, 0.3) is 0 Å². The first kappa shape index (κ1) is 20.5. The molecular formula is C16H22F6O3. The Morgan fingerprint density at radius 3 is 1.88 bits per heavy atom. The Morgan fingerprint density at radius 2 is 1.52 bits per heavy atom. The van der Waals surface area contributed by atoms with Gasteiger partial charge in [0.25, 0.3) is 12.1 Å². The summed E-state index contributed by atoms with van der Waals surface area (Å²) in [6, 6.07) is 0. The normalized spacial score (nSPS) is 28.6. The third-order valence-corrected chi connectivity index (χ3v) is 4.64. The zero-order valence-corrected chi connectivity index (χ0v) is 14.1. The summed E-state index contributed by atoms with van der Waals surface area (Å²) in [5, 5.41) is 9.59. The molecule has 4 atom stereocenters. The Kier molecular flexibility index (Phi) is 5.27. The molecule has 0 spiro atoms. The molecule has 2 aliphatic carbocycles. The van der Waals surface area contributed by atoms with Crippen molar-refractivity contribution in [3.63, 3.8) is 0 Å². The van der Waals surface area contributed by atoms with Crippen LogP contribution in [-0.4, -0.2) is 35.1 Å². The molecule has 25 heavy (non-hydrogen) atoms. The number of fused-ring (bicyclic) bond motifs is 2. The Bertz CT molecular complexity index is 491. The molecule has 3 nitrogen and oxygen atoms in total. The third-order valence-electron chi connectivity index (χ3n) is 4.64.